The zero-order valence-corrected chi connectivity index (χ0v) is 13.7. The summed E-state index contributed by atoms with van der Waals surface area (Å²) in [5.74, 6) is 0. The SMILES string of the molecule is CCCn1ncc(NCCCCn2ccnc2)c(Br)c1=O. The lowest BCUT2D eigenvalue weighted by atomic mass is 10.3. The molecule has 0 aromatic carbocycles. The summed E-state index contributed by atoms with van der Waals surface area (Å²) in [5, 5.41) is 7.42. The molecule has 0 aliphatic heterocycles. The Morgan fingerprint density at radius 2 is 2.19 bits per heavy atom. The van der Waals surface area contributed by atoms with Crippen molar-refractivity contribution in [1.29, 1.82) is 0 Å². The average Bonchev–Trinajstić information content (AvgIpc) is 2.99. The lowest BCUT2D eigenvalue weighted by Crippen LogP contribution is -2.24. The van der Waals surface area contributed by atoms with Crippen LogP contribution >= 0.6 is 15.9 Å². The number of aromatic nitrogens is 4. The van der Waals surface area contributed by atoms with Gasteiger partial charge < -0.3 is 9.88 Å². The Bertz CT molecular complexity index is 608. The molecule has 21 heavy (non-hydrogen) atoms. The summed E-state index contributed by atoms with van der Waals surface area (Å²) in [4.78, 5) is 16.0. The van der Waals surface area contributed by atoms with E-state index in [4.69, 9.17) is 0 Å². The summed E-state index contributed by atoms with van der Waals surface area (Å²) >= 11 is 3.35. The van der Waals surface area contributed by atoms with Crippen LogP contribution in [0.5, 0.6) is 0 Å². The van der Waals surface area contributed by atoms with E-state index >= 15 is 0 Å². The number of aryl methyl sites for hydroxylation is 2. The van der Waals surface area contributed by atoms with Crippen molar-refractivity contribution in [3.8, 4) is 0 Å². The molecule has 0 aliphatic rings. The van der Waals surface area contributed by atoms with E-state index in [0.29, 0.717) is 11.0 Å². The molecular formula is C14H20BrN5O. The normalized spacial score (nSPS) is 10.8. The quantitative estimate of drug-likeness (QED) is 0.740. The molecule has 0 amide bonds. The van der Waals surface area contributed by atoms with Crippen LogP contribution in [0.25, 0.3) is 0 Å². The molecule has 0 radical (unpaired) electrons. The van der Waals surface area contributed by atoms with Gasteiger partial charge in [0.1, 0.15) is 4.47 Å². The molecule has 0 unspecified atom stereocenters. The Kier molecular flexibility index (Phi) is 5.98. The maximum absolute atomic E-state index is 12.0. The van der Waals surface area contributed by atoms with E-state index in [9.17, 15) is 4.79 Å². The Morgan fingerprint density at radius 1 is 1.33 bits per heavy atom. The molecule has 2 rings (SSSR count). The standard InChI is InChI=1S/C14H20BrN5O/c1-2-7-20-14(21)13(15)12(10-18-20)17-5-3-4-8-19-9-6-16-11-19/h6,9-11,17H,2-5,7-8H2,1H3. The van der Waals surface area contributed by atoms with Gasteiger partial charge in [-0.3, -0.25) is 4.79 Å². The van der Waals surface area contributed by atoms with Gasteiger partial charge in [-0.15, -0.1) is 0 Å². The topological polar surface area (TPSA) is 64.7 Å². The number of rotatable bonds is 8. The molecule has 0 saturated heterocycles. The van der Waals surface area contributed by atoms with Crippen molar-refractivity contribution in [3.63, 3.8) is 0 Å². The van der Waals surface area contributed by atoms with Gasteiger partial charge in [0, 0.05) is 32.0 Å². The number of nitrogens with one attached hydrogen (secondary N) is 1. The molecule has 0 atom stereocenters. The average molecular weight is 354 g/mol. The highest BCUT2D eigenvalue weighted by Crippen LogP contribution is 2.16. The number of imidazole rings is 1. The summed E-state index contributed by atoms with van der Waals surface area (Å²) in [6.45, 7) is 4.43. The van der Waals surface area contributed by atoms with Gasteiger partial charge in [-0.2, -0.15) is 5.10 Å². The summed E-state index contributed by atoms with van der Waals surface area (Å²) < 4.78 is 4.10. The highest BCUT2D eigenvalue weighted by molar-refractivity contribution is 9.10. The molecule has 0 spiro atoms. The fourth-order valence-corrected chi connectivity index (χ4v) is 2.47. The van der Waals surface area contributed by atoms with Crippen LogP contribution in [-0.4, -0.2) is 25.9 Å². The number of nitrogens with zero attached hydrogens (tertiary/aromatic N) is 4. The van der Waals surface area contributed by atoms with Crippen LogP contribution in [0.15, 0.2) is 34.2 Å². The minimum atomic E-state index is -0.0831. The number of anilines is 1. The first-order chi connectivity index (χ1) is 10.2. The van der Waals surface area contributed by atoms with Gasteiger partial charge in [0.05, 0.1) is 18.2 Å². The predicted octanol–water partition coefficient (Wildman–Crippen LogP) is 2.50. The summed E-state index contributed by atoms with van der Waals surface area (Å²) in [5.41, 5.74) is 0.676. The summed E-state index contributed by atoms with van der Waals surface area (Å²) in [6.07, 6.45) is 10.2. The Hall–Kier alpha value is -1.63. The van der Waals surface area contributed by atoms with E-state index in [1.165, 1.54) is 4.68 Å². The third-order valence-electron chi connectivity index (χ3n) is 3.14. The number of hydrogen-bond acceptors (Lipinski definition) is 4. The maximum Gasteiger partial charge on any atom is 0.283 e. The lowest BCUT2D eigenvalue weighted by Gasteiger charge is -2.10. The Labute approximate surface area is 132 Å². The van der Waals surface area contributed by atoms with E-state index in [-0.39, 0.29) is 5.56 Å². The second-order valence-electron chi connectivity index (χ2n) is 4.83. The zero-order chi connectivity index (χ0) is 15.1. The molecular weight excluding hydrogens is 334 g/mol. The van der Waals surface area contributed by atoms with E-state index in [1.54, 1.807) is 12.4 Å². The van der Waals surface area contributed by atoms with Crippen LogP contribution in [0.4, 0.5) is 5.69 Å². The monoisotopic (exact) mass is 353 g/mol. The van der Waals surface area contributed by atoms with Crippen LogP contribution in [0.2, 0.25) is 0 Å². The largest absolute Gasteiger partial charge is 0.383 e. The lowest BCUT2D eigenvalue weighted by molar-refractivity contribution is 0.565. The predicted molar refractivity (Wildman–Crippen MR) is 86.4 cm³/mol. The summed E-state index contributed by atoms with van der Waals surface area (Å²) in [6, 6.07) is 0. The van der Waals surface area contributed by atoms with Crippen molar-refractivity contribution >= 4 is 21.6 Å². The van der Waals surface area contributed by atoms with E-state index in [2.05, 4.69) is 35.9 Å². The molecule has 0 saturated carbocycles. The van der Waals surface area contributed by atoms with Crippen molar-refractivity contribution in [1.82, 2.24) is 19.3 Å². The van der Waals surface area contributed by atoms with E-state index in [0.717, 1.165) is 38.0 Å². The first-order valence-electron chi connectivity index (χ1n) is 7.17. The molecule has 114 valence electrons. The van der Waals surface area contributed by atoms with Crippen LogP contribution < -0.4 is 10.9 Å². The Balaban J connectivity index is 1.80. The molecule has 7 heteroatoms. The van der Waals surface area contributed by atoms with Gasteiger partial charge in [-0.1, -0.05) is 6.92 Å². The van der Waals surface area contributed by atoms with E-state index < -0.39 is 0 Å². The van der Waals surface area contributed by atoms with Crippen LogP contribution in [0, 0.1) is 0 Å². The highest BCUT2D eigenvalue weighted by atomic mass is 79.9. The highest BCUT2D eigenvalue weighted by Gasteiger charge is 2.07. The zero-order valence-electron chi connectivity index (χ0n) is 12.1. The van der Waals surface area contributed by atoms with Crippen LogP contribution in [0.1, 0.15) is 26.2 Å². The van der Waals surface area contributed by atoms with Crippen molar-refractivity contribution < 1.29 is 0 Å². The molecule has 6 nitrogen and oxygen atoms in total. The molecule has 0 aliphatic carbocycles. The van der Waals surface area contributed by atoms with Gasteiger partial charge in [0.2, 0.25) is 0 Å². The fraction of sp³-hybridized carbons (Fsp3) is 0.500. The molecule has 2 aromatic rings. The first kappa shape index (κ1) is 15.8. The smallest absolute Gasteiger partial charge is 0.283 e. The minimum absolute atomic E-state index is 0.0831. The molecule has 2 aromatic heterocycles. The van der Waals surface area contributed by atoms with Gasteiger partial charge in [0.15, 0.2) is 0 Å². The van der Waals surface area contributed by atoms with Gasteiger partial charge in [-0.25, -0.2) is 9.67 Å². The first-order valence-corrected chi connectivity index (χ1v) is 7.97. The third kappa shape index (κ3) is 4.42. The maximum atomic E-state index is 12.0. The second kappa shape index (κ2) is 7.97. The van der Waals surface area contributed by atoms with Gasteiger partial charge >= 0.3 is 0 Å². The van der Waals surface area contributed by atoms with Gasteiger partial charge in [0.25, 0.3) is 5.56 Å². The molecule has 2 heterocycles. The van der Waals surface area contributed by atoms with Gasteiger partial charge in [-0.05, 0) is 35.2 Å². The van der Waals surface area contributed by atoms with Crippen molar-refractivity contribution in [2.75, 3.05) is 11.9 Å². The second-order valence-corrected chi connectivity index (χ2v) is 5.63. The number of hydrogen-bond donors (Lipinski definition) is 1. The minimum Gasteiger partial charge on any atom is -0.383 e. The van der Waals surface area contributed by atoms with Crippen molar-refractivity contribution in [2.45, 2.75) is 39.3 Å². The van der Waals surface area contributed by atoms with Crippen molar-refractivity contribution in [2.24, 2.45) is 0 Å². The van der Waals surface area contributed by atoms with Crippen molar-refractivity contribution in [3.05, 3.63) is 39.7 Å². The molecule has 1 N–H and O–H groups in total. The number of unbranched alkanes of at least 4 members (excludes halogenated alkanes) is 1. The fourth-order valence-electron chi connectivity index (χ4n) is 2.02. The summed E-state index contributed by atoms with van der Waals surface area (Å²) in [7, 11) is 0. The molecule has 0 fully saturated rings. The van der Waals surface area contributed by atoms with Crippen LogP contribution in [0.3, 0.4) is 0 Å². The number of halogens is 1. The van der Waals surface area contributed by atoms with Crippen LogP contribution in [-0.2, 0) is 13.1 Å². The third-order valence-corrected chi connectivity index (χ3v) is 3.90. The Morgan fingerprint density at radius 3 is 2.90 bits per heavy atom. The molecule has 0 bridgehead atoms. The van der Waals surface area contributed by atoms with E-state index in [1.807, 2.05) is 19.4 Å².